The lowest BCUT2D eigenvalue weighted by atomic mass is 10.2. The second kappa shape index (κ2) is 10.6. The first-order chi connectivity index (χ1) is 12.7. The highest BCUT2D eigenvalue weighted by atomic mass is 127. The predicted octanol–water partition coefficient (Wildman–Crippen LogP) is 3.28. The SMILES string of the molecule is CCNC(=NCc1cccc(F)c1)NCc1ccnc(-n2ccnc2)c1.I. The Morgan fingerprint density at radius 2 is 2.04 bits per heavy atom. The van der Waals surface area contributed by atoms with Gasteiger partial charge >= 0.3 is 0 Å². The van der Waals surface area contributed by atoms with Crippen LogP contribution < -0.4 is 10.6 Å². The molecule has 8 heteroatoms. The van der Waals surface area contributed by atoms with Crippen molar-refractivity contribution < 1.29 is 4.39 Å². The second-order valence-electron chi connectivity index (χ2n) is 5.67. The summed E-state index contributed by atoms with van der Waals surface area (Å²) in [5.74, 6) is 1.24. The summed E-state index contributed by atoms with van der Waals surface area (Å²) in [7, 11) is 0. The van der Waals surface area contributed by atoms with Crippen molar-refractivity contribution in [2.45, 2.75) is 20.0 Å². The number of hydrogen-bond acceptors (Lipinski definition) is 3. The summed E-state index contributed by atoms with van der Waals surface area (Å²) in [6, 6.07) is 10.4. The quantitative estimate of drug-likeness (QED) is 0.323. The Morgan fingerprint density at radius 1 is 1.15 bits per heavy atom. The first-order valence-corrected chi connectivity index (χ1v) is 8.44. The first kappa shape index (κ1) is 20.8. The number of guanidine groups is 1. The highest BCUT2D eigenvalue weighted by Crippen LogP contribution is 2.07. The van der Waals surface area contributed by atoms with E-state index >= 15 is 0 Å². The normalized spacial score (nSPS) is 11.0. The molecule has 0 fully saturated rings. The fourth-order valence-electron chi connectivity index (χ4n) is 2.44. The second-order valence-corrected chi connectivity index (χ2v) is 5.67. The third-order valence-corrected chi connectivity index (χ3v) is 3.69. The molecule has 0 spiro atoms. The highest BCUT2D eigenvalue weighted by Gasteiger charge is 2.02. The first-order valence-electron chi connectivity index (χ1n) is 8.44. The van der Waals surface area contributed by atoms with Crippen molar-refractivity contribution in [3.8, 4) is 5.82 Å². The van der Waals surface area contributed by atoms with Crippen LogP contribution in [0.1, 0.15) is 18.1 Å². The van der Waals surface area contributed by atoms with Crippen molar-refractivity contribution in [2.24, 2.45) is 4.99 Å². The van der Waals surface area contributed by atoms with Gasteiger partial charge in [0, 0.05) is 31.7 Å². The van der Waals surface area contributed by atoms with E-state index in [-0.39, 0.29) is 29.8 Å². The van der Waals surface area contributed by atoms with E-state index in [0.717, 1.165) is 23.5 Å². The lowest BCUT2D eigenvalue weighted by Crippen LogP contribution is -2.36. The maximum Gasteiger partial charge on any atom is 0.191 e. The Hall–Kier alpha value is -2.49. The lowest BCUT2D eigenvalue weighted by Gasteiger charge is -2.12. The summed E-state index contributed by atoms with van der Waals surface area (Å²) in [6.07, 6.45) is 7.05. The van der Waals surface area contributed by atoms with Gasteiger partial charge in [-0.25, -0.2) is 19.4 Å². The van der Waals surface area contributed by atoms with E-state index in [1.807, 2.05) is 35.9 Å². The number of nitrogens with zero attached hydrogens (tertiary/aromatic N) is 4. The number of pyridine rings is 1. The molecule has 0 saturated heterocycles. The van der Waals surface area contributed by atoms with E-state index in [9.17, 15) is 4.39 Å². The fraction of sp³-hybridized carbons (Fsp3) is 0.211. The molecule has 0 aliphatic heterocycles. The maximum absolute atomic E-state index is 13.3. The smallest absolute Gasteiger partial charge is 0.191 e. The van der Waals surface area contributed by atoms with Crippen molar-refractivity contribution >= 4 is 29.9 Å². The Kier molecular flexibility index (Phi) is 8.18. The standard InChI is InChI=1S/C19H21FN6.HI/c1-2-22-19(24-12-15-4-3-5-17(20)10-15)25-13-16-6-7-23-18(11-16)26-9-8-21-14-26;/h3-11,14H,2,12-13H2,1H3,(H2,22,24,25);1H. The Balaban J connectivity index is 0.00000261. The zero-order chi connectivity index (χ0) is 18.2. The number of rotatable bonds is 6. The van der Waals surface area contributed by atoms with Gasteiger partial charge in [-0.2, -0.15) is 0 Å². The van der Waals surface area contributed by atoms with E-state index in [1.54, 1.807) is 24.8 Å². The molecule has 2 aromatic heterocycles. The van der Waals surface area contributed by atoms with Crippen LogP contribution in [0.25, 0.3) is 5.82 Å². The van der Waals surface area contributed by atoms with Gasteiger partial charge < -0.3 is 10.6 Å². The fourth-order valence-corrected chi connectivity index (χ4v) is 2.44. The average Bonchev–Trinajstić information content (AvgIpc) is 3.19. The van der Waals surface area contributed by atoms with E-state index in [0.29, 0.717) is 19.0 Å². The van der Waals surface area contributed by atoms with Crippen molar-refractivity contribution in [2.75, 3.05) is 6.54 Å². The summed E-state index contributed by atoms with van der Waals surface area (Å²) >= 11 is 0. The number of nitrogens with one attached hydrogen (secondary N) is 2. The molecule has 3 rings (SSSR count). The van der Waals surface area contributed by atoms with Crippen LogP contribution in [0, 0.1) is 5.82 Å². The maximum atomic E-state index is 13.3. The van der Waals surface area contributed by atoms with Crippen LogP contribution in [-0.4, -0.2) is 27.0 Å². The van der Waals surface area contributed by atoms with Crippen molar-refractivity contribution in [1.29, 1.82) is 0 Å². The van der Waals surface area contributed by atoms with E-state index < -0.39 is 0 Å². The number of aromatic nitrogens is 3. The molecule has 0 atom stereocenters. The van der Waals surface area contributed by atoms with Crippen molar-refractivity contribution in [1.82, 2.24) is 25.2 Å². The van der Waals surface area contributed by atoms with Gasteiger partial charge in [-0.1, -0.05) is 12.1 Å². The van der Waals surface area contributed by atoms with Gasteiger partial charge in [0.1, 0.15) is 18.0 Å². The summed E-state index contributed by atoms with van der Waals surface area (Å²) < 4.78 is 15.1. The van der Waals surface area contributed by atoms with Crippen molar-refractivity contribution in [3.05, 3.63) is 78.3 Å². The largest absolute Gasteiger partial charge is 0.357 e. The van der Waals surface area contributed by atoms with Crippen LogP contribution in [0.5, 0.6) is 0 Å². The topological polar surface area (TPSA) is 67.1 Å². The molecular formula is C19H22FIN6. The molecule has 6 nitrogen and oxygen atoms in total. The van der Waals surface area contributed by atoms with Gasteiger partial charge in [-0.05, 0) is 42.3 Å². The van der Waals surface area contributed by atoms with E-state index in [1.165, 1.54) is 12.1 Å². The molecule has 27 heavy (non-hydrogen) atoms. The van der Waals surface area contributed by atoms with Gasteiger partial charge in [0.15, 0.2) is 5.96 Å². The molecule has 3 aromatic rings. The van der Waals surface area contributed by atoms with E-state index in [4.69, 9.17) is 0 Å². The van der Waals surface area contributed by atoms with Gasteiger partial charge in [0.05, 0.1) is 6.54 Å². The molecular weight excluding hydrogens is 458 g/mol. The third kappa shape index (κ3) is 6.31. The molecule has 0 bridgehead atoms. The minimum Gasteiger partial charge on any atom is -0.357 e. The molecule has 0 saturated carbocycles. The molecule has 142 valence electrons. The Labute approximate surface area is 175 Å². The summed E-state index contributed by atoms with van der Waals surface area (Å²) in [6.45, 7) is 3.75. The molecule has 2 heterocycles. The zero-order valence-corrected chi connectivity index (χ0v) is 17.3. The van der Waals surface area contributed by atoms with Gasteiger partial charge in [-0.15, -0.1) is 24.0 Å². The summed E-state index contributed by atoms with van der Waals surface area (Å²) in [5.41, 5.74) is 1.90. The average molecular weight is 480 g/mol. The Morgan fingerprint density at radius 3 is 2.78 bits per heavy atom. The van der Waals surface area contributed by atoms with Crippen molar-refractivity contribution in [3.63, 3.8) is 0 Å². The molecule has 2 N–H and O–H groups in total. The minimum absolute atomic E-state index is 0. The van der Waals surface area contributed by atoms with Gasteiger partial charge in [0.2, 0.25) is 0 Å². The number of imidazole rings is 1. The molecule has 0 aliphatic carbocycles. The molecule has 0 aliphatic rings. The van der Waals surface area contributed by atoms with Crippen LogP contribution in [0.2, 0.25) is 0 Å². The number of halogens is 2. The predicted molar refractivity (Wildman–Crippen MR) is 115 cm³/mol. The lowest BCUT2D eigenvalue weighted by molar-refractivity contribution is 0.625. The van der Waals surface area contributed by atoms with Crippen LogP contribution in [0.15, 0.2) is 66.3 Å². The zero-order valence-electron chi connectivity index (χ0n) is 15.0. The van der Waals surface area contributed by atoms with Crippen LogP contribution in [0.4, 0.5) is 4.39 Å². The minimum atomic E-state index is -0.250. The third-order valence-electron chi connectivity index (χ3n) is 3.69. The van der Waals surface area contributed by atoms with Crippen LogP contribution >= 0.6 is 24.0 Å². The van der Waals surface area contributed by atoms with E-state index in [2.05, 4.69) is 25.6 Å². The Bertz CT molecular complexity index is 866. The monoisotopic (exact) mass is 480 g/mol. The summed E-state index contributed by atoms with van der Waals surface area (Å²) in [5, 5.41) is 6.48. The number of hydrogen-bond donors (Lipinski definition) is 2. The van der Waals surface area contributed by atoms with Gasteiger partial charge in [-0.3, -0.25) is 4.57 Å². The molecule has 0 unspecified atom stereocenters. The summed E-state index contributed by atoms with van der Waals surface area (Å²) in [4.78, 5) is 12.9. The number of benzene rings is 1. The highest BCUT2D eigenvalue weighted by molar-refractivity contribution is 14.0. The van der Waals surface area contributed by atoms with Gasteiger partial charge in [0.25, 0.3) is 0 Å². The van der Waals surface area contributed by atoms with Crippen LogP contribution in [0.3, 0.4) is 0 Å². The number of aliphatic imine (C=N–C) groups is 1. The molecule has 1 aromatic carbocycles. The molecule has 0 amide bonds. The molecule has 0 radical (unpaired) electrons. The van der Waals surface area contributed by atoms with Crippen LogP contribution in [-0.2, 0) is 13.1 Å².